The molecule has 6 rings (SSSR count). The summed E-state index contributed by atoms with van der Waals surface area (Å²) < 4.78 is 37.6. The number of alkyl halides is 1. The highest BCUT2D eigenvalue weighted by molar-refractivity contribution is 14.1. The van der Waals surface area contributed by atoms with Gasteiger partial charge in [0.2, 0.25) is 5.91 Å². The van der Waals surface area contributed by atoms with E-state index in [9.17, 15) is 9.59 Å². The molecule has 0 unspecified atom stereocenters. The average molecular weight is 714 g/mol. The minimum atomic E-state index is -1.19. The van der Waals surface area contributed by atoms with E-state index in [1.165, 1.54) is 6.92 Å². The molecular formula is C34H36INO8. The summed E-state index contributed by atoms with van der Waals surface area (Å²) in [7, 11) is 1.62. The number of methoxy groups -OCH3 is 1. The third-order valence-corrected chi connectivity index (χ3v) is 10.00. The van der Waals surface area contributed by atoms with Gasteiger partial charge in [-0.05, 0) is 28.8 Å². The monoisotopic (exact) mass is 713 g/mol. The van der Waals surface area contributed by atoms with Crippen LogP contribution in [0.2, 0.25) is 0 Å². The largest absolute Gasteiger partial charge is 0.497 e. The van der Waals surface area contributed by atoms with E-state index in [1.807, 2.05) is 84.9 Å². The van der Waals surface area contributed by atoms with Gasteiger partial charge in [0.05, 0.1) is 37.3 Å². The van der Waals surface area contributed by atoms with Gasteiger partial charge in [-0.25, -0.2) is 0 Å². The van der Waals surface area contributed by atoms with Crippen molar-refractivity contribution in [2.24, 2.45) is 5.92 Å². The Balaban J connectivity index is 1.40. The molecular weight excluding hydrogens is 677 g/mol. The molecule has 2 heterocycles. The minimum absolute atomic E-state index is 0.110. The molecule has 1 aliphatic carbocycles. The van der Waals surface area contributed by atoms with Crippen LogP contribution < -0.4 is 10.1 Å². The number of amides is 1. The molecule has 2 saturated heterocycles. The van der Waals surface area contributed by atoms with Crippen molar-refractivity contribution in [2.75, 3.05) is 7.11 Å². The fraction of sp³-hybridized carbons (Fsp3) is 0.412. The van der Waals surface area contributed by atoms with Crippen LogP contribution in [0.5, 0.6) is 5.75 Å². The topological polar surface area (TPSA) is 102 Å². The van der Waals surface area contributed by atoms with Crippen LogP contribution in [-0.4, -0.2) is 59.2 Å². The van der Waals surface area contributed by atoms with E-state index in [1.54, 1.807) is 7.11 Å². The van der Waals surface area contributed by atoms with E-state index in [0.717, 1.165) is 22.4 Å². The van der Waals surface area contributed by atoms with Gasteiger partial charge in [0.1, 0.15) is 35.7 Å². The fourth-order valence-electron chi connectivity index (χ4n) is 6.65. The van der Waals surface area contributed by atoms with Crippen LogP contribution in [0, 0.1) is 5.92 Å². The van der Waals surface area contributed by atoms with Crippen molar-refractivity contribution >= 4 is 34.5 Å². The third-order valence-electron chi connectivity index (χ3n) is 8.58. The molecule has 1 amide bonds. The van der Waals surface area contributed by atoms with Gasteiger partial charge in [0.25, 0.3) is 0 Å². The Morgan fingerprint density at radius 2 is 1.41 bits per heavy atom. The fourth-order valence-corrected chi connectivity index (χ4v) is 7.84. The maximum Gasteiger partial charge on any atom is 0.306 e. The summed E-state index contributed by atoms with van der Waals surface area (Å²) >= 11 is 2.29. The molecule has 44 heavy (non-hydrogen) atoms. The maximum absolute atomic E-state index is 13.1. The predicted molar refractivity (Wildman–Crippen MR) is 169 cm³/mol. The second-order valence-electron chi connectivity index (χ2n) is 11.4. The first-order valence-electron chi connectivity index (χ1n) is 14.7. The highest BCUT2D eigenvalue weighted by Gasteiger charge is 2.72. The van der Waals surface area contributed by atoms with Crippen molar-refractivity contribution in [1.29, 1.82) is 0 Å². The van der Waals surface area contributed by atoms with Crippen LogP contribution in [0.3, 0.4) is 0 Å². The standard InChI is InChI=1S/C34H36INO8/c1-21(37)36-34-26-17-27(38)43-29(26)28(35)30(31(34)40-18-22-9-5-3-6-10-22)44-33(32(34)41-19-23-11-7-4-8-12-23)42-20-24-13-15-25(39-2)16-14-24/h3-16,26,28-33H,17-20H2,1-2H3,(H,36,37)/t26-,28-,29-,30+,31+,32+,33-,34+/m0/s1. The van der Waals surface area contributed by atoms with Gasteiger partial charge in [-0.3, -0.25) is 9.59 Å². The number of benzene rings is 3. The number of hydrogen-bond acceptors (Lipinski definition) is 8. The number of halogens is 1. The number of carbonyl (C=O) groups is 2. The van der Waals surface area contributed by atoms with E-state index in [0.29, 0.717) is 0 Å². The van der Waals surface area contributed by atoms with Crippen LogP contribution >= 0.6 is 22.6 Å². The molecule has 2 bridgehead atoms. The molecule has 3 aromatic carbocycles. The third kappa shape index (κ3) is 6.23. The number of nitrogens with one attached hydrogen (secondary N) is 1. The molecule has 3 fully saturated rings. The zero-order valence-electron chi connectivity index (χ0n) is 24.6. The summed E-state index contributed by atoms with van der Waals surface area (Å²) in [4.78, 5) is 26.0. The molecule has 232 valence electrons. The zero-order chi connectivity index (χ0) is 30.7. The molecule has 9 nitrogen and oxygen atoms in total. The van der Waals surface area contributed by atoms with E-state index in [4.69, 9.17) is 28.4 Å². The predicted octanol–water partition coefficient (Wildman–Crippen LogP) is 4.73. The number of esters is 1. The first-order valence-corrected chi connectivity index (χ1v) is 16.0. The lowest BCUT2D eigenvalue weighted by atomic mass is 9.62. The minimum Gasteiger partial charge on any atom is -0.497 e. The molecule has 0 spiro atoms. The SMILES string of the molecule is COc1ccc(CO[C@H]2O[C@@H]3[C@@H](I)[C@H]4OC(=O)C[C@@H]4[C@](NC(C)=O)([C@@H]2OCc2ccccc2)[C@@H]3OCc2ccccc2)cc1. The van der Waals surface area contributed by atoms with E-state index >= 15 is 0 Å². The van der Waals surface area contributed by atoms with Crippen molar-refractivity contribution in [3.63, 3.8) is 0 Å². The van der Waals surface area contributed by atoms with E-state index in [2.05, 4.69) is 27.9 Å². The highest BCUT2D eigenvalue weighted by Crippen LogP contribution is 2.53. The quantitative estimate of drug-likeness (QED) is 0.173. The van der Waals surface area contributed by atoms with Crippen LogP contribution in [0.4, 0.5) is 0 Å². The zero-order valence-corrected chi connectivity index (χ0v) is 26.8. The molecule has 0 radical (unpaired) electrons. The van der Waals surface area contributed by atoms with Crippen molar-refractivity contribution in [1.82, 2.24) is 5.32 Å². The first kappa shape index (κ1) is 31.0. The second-order valence-corrected chi connectivity index (χ2v) is 12.8. The smallest absolute Gasteiger partial charge is 0.306 e. The average Bonchev–Trinajstić information content (AvgIpc) is 3.44. The van der Waals surface area contributed by atoms with Crippen molar-refractivity contribution < 1.29 is 38.0 Å². The van der Waals surface area contributed by atoms with Crippen molar-refractivity contribution in [3.8, 4) is 5.75 Å². The Labute approximate surface area is 270 Å². The number of hydrogen-bond donors (Lipinski definition) is 1. The second kappa shape index (κ2) is 13.5. The van der Waals surface area contributed by atoms with Crippen LogP contribution in [-0.2, 0) is 53.1 Å². The maximum atomic E-state index is 13.1. The number of ether oxygens (including phenoxy) is 6. The summed E-state index contributed by atoms with van der Waals surface area (Å²) in [6, 6.07) is 27.2. The van der Waals surface area contributed by atoms with Gasteiger partial charge in [0.15, 0.2) is 6.29 Å². The Morgan fingerprint density at radius 3 is 2.00 bits per heavy atom. The van der Waals surface area contributed by atoms with E-state index in [-0.39, 0.29) is 42.0 Å². The lowest BCUT2D eigenvalue weighted by molar-refractivity contribution is -0.337. The Morgan fingerprint density at radius 1 is 0.841 bits per heavy atom. The Bertz CT molecular complexity index is 1420. The molecule has 1 saturated carbocycles. The summed E-state index contributed by atoms with van der Waals surface area (Å²) in [6.07, 6.45) is -3.35. The van der Waals surface area contributed by atoms with Gasteiger partial charge in [0, 0.05) is 12.8 Å². The normalized spacial score (nSPS) is 30.7. The number of rotatable bonds is 11. The molecule has 3 aliphatic rings. The summed E-state index contributed by atoms with van der Waals surface area (Å²) in [5.74, 6) is -0.284. The van der Waals surface area contributed by atoms with Crippen LogP contribution in [0.25, 0.3) is 0 Å². The van der Waals surface area contributed by atoms with Gasteiger partial charge in [-0.15, -0.1) is 0 Å². The van der Waals surface area contributed by atoms with Crippen LogP contribution in [0.1, 0.15) is 30.0 Å². The Kier molecular flexibility index (Phi) is 9.53. The molecule has 10 heteroatoms. The number of carbonyl (C=O) groups excluding carboxylic acids is 2. The summed E-state index contributed by atoms with van der Waals surface area (Å²) in [5.41, 5.74) is 1.65. The van der Waals surface area contributed by atoms with Gasteiger partial charge in [-0.1, -0.05) is 95.4 Å². The van der Waals surface area contributed by atoms with Crippen LogP contribution in [0.15, 0.2) is 84.9 Å². The van der Waals surface area contributed by atoms with Crippen molar-refractivity contribution in [3.05, 3.63) is 102 Å². The van der Waals surface area contributed by atoms with Gasteiger partial charge >= 0.3 is 5.97 Å². The van der Waals surface area contributed by atoms with Gasteiger partial charge in [-0.2, -0.15) is 0 Å². The molecule has 3 aromatic rings. The van der Waals surface area contributed by atoms with Gasteiger partial charge < -0.3 is 33.7 Å². The highest BCUT2D eigenvalue weighted by atomic mass is 127. The van der Waals surface area contributed by atoms with E-state index < -0.39 is 42.2 Å². The Hall–Kier alpha value is -3.03. The lowest BCUT2D eigenvalue weighted by Crippen LogP contribution is -2.82. The van der Waals surface area contributed by atoms with Crippen molar-refractivity contribution in [2.45, 2.75) is 73.3 Å². The number of fused-ring (bicyclic) bond motifs is 4. The summed E-state index contributed by atoms with van der Waals surface area (Å²) in [6.45, 7) is 2.21. The summed E-state index contributed by atoms with van der Waals surface area (Å²) in [5, 5.41) is 3.25. The molecule has 0 aromatic heterocycles. The lowest BCUT2D eigenvalue weighted by Gasteiger charge is -2.61. The molecule has 1 N–H and O–H groups in total. The first-order chi connectivity index (χ1) is 21.4. The molecule has 2 aliphatic heterocycles. The molecule has 8 atom stereocenters.